The molecule has 1 unspecified atom stereocenters. The summed E-state index contributed by atoms with van der Waals surface area (Å²) in [5, 5.41) is 7.22. The van der Waals surface area contributed by atoms with Crippen LogP contribution in [0.3, 0.4) is 0 Å². The van der Waals surface area contributed by atoms with E-state index in [1.807, 2.05) is 19.1 Å². The minimum Gasteiger partial charge on any atom is -0.339 e. The highest BCUT2D eigenvalue weighted by molar-refractivity contribution is 9.10. The molecule has 0 amide bonds. The highest BCUT2D eigenvalue weighted by Gasteiger charge is 2.16. The lowest BCUT2D eigenvalue weighted by atomic mass is 10.2. The Labute approximate surface area is 114 Å². The van der Waals surface area contributed by atoms with Crippen molar-refractivity contribution in [2.24, 2.45) is 0 Å². The molecule has 18 heavy (non-hydrogen) atoms. The largest absolute Gasteiger partial charge is 0.339 e. The SMILES string of the molecule is CCNCC(C)c1nc(-c2ncccc2Br)no1. The zero-order valence-corrected chi connectivity index (χ0v) is 11.9. The third kappa shape index (κ3) is 2.94. The van der Waals surface area contributed by atoms with Gasteiger partial charge < -0.3 is 9.84 Å². The van der Waals surface area contributed by atoms with Gasteiger partial charge in [-0.05, 0) is 34.6 Å². The Hall–Kier alpha value is -1.27. The van der Waals surface area contributed by atoms with E-state index in [4.69, 9.17) is 4.52 Å². The number of likely N-dealkylation sites (N-methyl/N-ethyl adjacent to an activating group) is 1. The number of rotatable bonds is 5. The molecule has 0 spiro atoms. The first kappa shape index (κ1) is 13.2. The van der Waals surface area contributed by atoms with Crippen LogP contribution in [0.25, 0.3) is 11.5 Å². The first-order valence-corrected chi connectivity index (χ1v) is 6.67. The molecule has 2 heterocycles. The quantitative estimate of drug-likeness (QED) is 0.919. The van der Waals surface area contributed by atoms with E-state index in [9.17, 15) is 0 Å². The molecule has 0 aromatic carbocycles. The van der Waals surface area contributed by atoms with Gasteiger partial charge in [0.15, 0.2) is 0 Å². The summed E-state index contributed by atoms with van der Waals surface area (Å²) in [4.78, 5) is 8.62. The fourth-order valence-electron chi connectivity index (χ4n) is 1.53. The first-order chi connectivity index (χ1) is 8.72. The zero-order chi connectivity index (χ0) is 13.0. The van der Waals surface area contributed by atoms with E-state index >= 15 is 0 Å². The summed E-state index contributed by atoms with van der Waals surface area (Å²) in [6.07, 6.45) is 1.71. The summed E-state index contributed by atoms with van der Waals surface area (Å²) < 4.78 is 6.13. The summed E-state index contributed by atoms with van der Waals surface area (Å²) in [6.45, 7) is 5.86. The van der Waals surface area contributed by atoms with Crippen molar-refractivity contribution < 1.29 is 4.52 Å². The summed E-state index contributed by atoms with van der Waals surface area (Å²) in [5.74, 6) is 1.33. The Balaban J connectivity index is 2.18. The van der Waals surface area contributed by atoms with Gasteiger partial charge in [0.25, 0.3) is 0 Å². The van der Waals surface area contributed by atoms with E-state index < -0.39 is 0 Å². The Morgan fingerprint density at radius 3 is 3.06 bits per heavy atom. The highest BCUT2D eigenvalue weighted by Crippen LogP contribution is 2.24. The minimum atomic E-state index is 0.189. The van der Waals surface area contributed by atoms with Crippen molar-refractivity contribution in [3.8, 4) is 11.5 Å². The topological polar surface area (TPSA) is 63.8 Å². The molecule has 5 nitrogen and oxygen atoms in total. The number of aromatic nitrogens is 3. The summed E-state index contributed by atoms with van der Waals surface area (Å²) in [5.41, 5.74) is 0.697. The summed E-state index contributed by atoms with van der Waals surface area (Å²) in [7, 11) is 0. The number of hydrogen-bond donors (Lipinski definition) is 1. The van der Waals surface area contributed by atoms with Crippen LogP contribution in [-0.4, -0.2) is 28.2 Å². The van der Waals surface area contributed by atoms with Gasteiger partial charge in [-0.2, -0.15) is 4.98 Å². The van der Waals surface area contributed by atoms with E-state index in [2.05, 4.69) is 43.3 Å². The average Bonchev–Trinajstić information content (AvgIpc) is 2.86. The second-order valence-corrected chi connectivity index (χ2v) is 4.85. The molecule has 0 fully saturated rings. The summed E-state index contributed by atoms with van der Waals surface area (Å²) in [6, 6.07) is 3.75. The average molecular weight is 311 g/mol. The molecule has 2 aromatic rings. The van der Waals surface area contributed by atoms with Crippen LogP contribution in [0.1, 0.15) is 25.7 Å². The number of hydrogen-bond acceptors (Lipinski definition) is 5. The third-order valence-corrected chi connectivity index (χ3v) is 3.17. The molecular formula is C12H15BrN4O. The van der Waals surface area contributed by atoms with Crippen LogP contribution >= 0.6 is 15.9 Å². The summed E-state index contributed by atoms with van der Waals surface area (Å²) >= 11 is 3.42. The van der Waals surface area contributed by atoms with Gasteiger partial charge in [0, 0.05) is 23.1 Å². The maximum absolute atomic E-state index is 5.27. The van der Waals surface area contributed by atoms with Crippen LogP contribution in [0.4, 0.5) is 0 Å². The van der Waals surface area contributed by atoms with Gasteiger partial charge >= 0.3 is 0 Å². The van der Waals surface area contributed by atoms with Crippen LogP contribution in [0.2, 0.25) is 0 Å². The van der Waals surface area contributed by atoms with Gasteiger partial charge in [-0.3, -0.25) is 4.98 Å². The molecule has 0 aliphatic heterocycles. The van der Waals surface area contributed by atoms with E-state index in [1.165, 1.54) is 0 Å². The lowest BCUT2D eigenvalue weighted by molar-refractivity contribution is 0.355. The molecule has 0 bridgehead atoms. The second-order valence-electron chi connectivity index (χ2n) is 4.00. The fraction of sp³-hybridized carbons (Fsp3) is 0.417. The van der Waals surface area contributed by atoms with Gasteiger partial charge in [-0.15, -0.1) is 0 Å². The molecule has 0 saturated carbocycles. The van der Waals surface area contributed by atoms with Crippen molar-refractivity contribution in [3.05, 3.63) is 28.7 Å². The fourth-order valence-corrected chi connectivity index (χ4v) is 1.96. The number of pyridine rings is 1. The standard InChI is InChI=1S/C12H15BrN4O/c1-3-14-7-8(2)12-16-11(17-18-12)10-9(13)5-4-6-15-10/h4-6,8,14H,3,7H2,1-2H3. The van der Waals surface area contributed by atoms with Crippen molar-refractivity contribution >= 4 is 15.9 Å². The Bertz CT molecular complexity index is 514. The van der Waals surface area contributed by atoms with Crippen LogP contribution in [0, 0.1) is 0 Å². The number of nitrogens with zero attached hydrogens (tertiary/aromatic N) is 3. The first-order valence-electron chi connectivity index (χ1n) is 5.87. The van der Waals surface area contributed by atoms with Gasteiger partial charge in [0.05, 0.1) is 0 Å². The van der Waals surface area contributed by atoms with Crippen LogP contribution in [0.5, 0.6) is 0 Å². The van der Waals surface area contributed by atoms with E-state index in [0.717, 1.165) is 17.6 Å². The van der Waals surface area contributed by atoms with E-state index in [0.29, 0.717) is 17.4 Å². The van der Waals surface area contributed by atoms with Gasteiger partial charge in [-0.25, -0.2) is 0 Å². The lowest BCUT2D eigenvalue weighted by Gasteiger charge is -2.05. The molecular weight excluding hydrogens is 296 g/mol. The molecule has 0 saturated heterocycles. The normalized spacial score (nSPS) is 12.6. The molecule has 96 valence electrons. The molecule has 6 heteroatoms. The van der Waals surface area contributed by atoms with Crippen molar-refractivity contribution in [2.75, 3.05) is 13.1 Å². The molecule has 2 aromatic heterocycles. The van der Waals surface area contributed by atoms with Gasteiger partial charge in [-0.1, -0.05) is 19.0 Å². The number of halogens is 1. The molecule has 2 rings (SSSR count). The third-order valence-electron chi connectivity index (χ3n) is 2.53. The lowest BCUT2D eigenvalue weighted by Crippen LogP contribution is -2.19. The monoisotopic (exact) mass is 310 g/mol. The van der Waals surface area contributed by atoms with Crippen LogP contribution < -0.4 is 5.32 Å². The van der Waals surface area contributed by atoms with E-state index in [1.54, 1.807) is 6.20 Å². The maximum Gasteiger partial charge on any atom is 0.231 e. The van der Waals surface area contributed by atoms with Crippen molar-refractivity contribution in [1.29, 1.82) is 0 Å². The molecule has 1 atom stereocenters. The van der Waals surface area contributed by atoms with Gasteiger partial charge in [0.2, 0.25) is 11.7 Å². The van der Waals surface area contributed by atoms with Crippen LogP contribution in [-0.2, 0) is 0 Å². The minimum absolute atomic E-state index is 0.189. The predicted molar refractivity (Wildman–Crippen MR) is 72.2 cm³/mol. The maximum atomic E-state index is 5.27. The molecule has 0 aliphatic rings. The highest BCUT2D eigenvalue weighted by atomic mass is 79.9. The van der Waals surface area contributed by atoms with E-state index in [-0.39, 0.29) is 5.92 Å². The van der Waals surface area contributed by atoms with Crippen molar-refractivity contribution in [1.82, 2.24) is 20.4 Å². The zero-order valence-electron chi connectivity index (χ0n) is 10.4. The Morgan fingerprint density at radius 1 is 1.50 bits per heavy atom. The molecule has 1 N–H and O–H groups in total. The van der Waals surface area contributed by atoms with Crippen LogP contribution in [0.15, 0.2) is 27.3 Å². The Morgan fingerprint density at radius 2 is 2.33 bits per heavy atom. The number of nitrogens with one attached hydrogen (secondary N) is 1. The second kappa shape index (κ2) is 6.06. The Kier molecular flexibility index (Phi) is 4.43. The van der Waals surface area contributed by atoms with Crippen molar-refractivity contribution in [2.45, 2.75) is 19.8 Å². The molecule has 0 aliphatic carbocycles. The van der Waals surface area contributed by atoms with Crippen molar-refractivity contribution in [3.63, 3.8) is 0 Å². The smallest absolute Gasteiger partial charge is 0.231 e. The predicted octanol–water partition coefficient (Wildman–Crippen LogP) is 2.61. The molecule has 0 radical (unpaired) electrons. The van der Waals surface area contributed by atoms with Gasteiger partial charge in [0.1, 0.15) is 5.69 Å².